The van der Waals surface area contributed by atoms with E-state index in [1.165, 1.54) is 5.69 Å². The molecule has 0 aliphatic heterocycles. The Morgan fingerprint density at radius 2 is 1.86 bits per heavy atom. The SMILES string of the molecule is CCc1cccn1N(C)c1ccnc2cc(Cl)ccc12.O=C(O)/C=C\C(=O)O. The zero-order chi connectivity index (χ0) is 20.7. The molecule has 0 aliphatic carbocycles. The number of halogens is 1. The van der Waals surface area contributed by atoms with Crippen LogP contribution in [-0.2, 0) is 16.0 Å². The quantitative estimate of drug-likeness (QED) is 0.630. The maximum atomic E-state index is 9.55. The second kappa shape index (κ2) is 9.57. The number of aryl methyl sites for hydroxylation is 1. The second-order valence-electron chi connectivity index (χ2n) is 5.72. The van der Waals surface area contributed by atoms with Gasteiger partial charge in [-0.2, -0.15) is 0 Å². The molecule has 0 spiro atoms. The minimum Gasteiger partial charge on any atom is -0.478 e. The van der Waals surface area contributed by atoms with Crippen molar-refractivity contribution in [2.75, 3.05) is 12.1 Å². The van der Waals surface area contributed by atoms with Crippen molar-refractivity contribution in [3.8, 4) is 0 Å². The van der Waals surface area contributed by atoms with Gasteiger partial charge >= 0.3 is 11.9 Å². The highest BCUT2D eigenvalue weighted by molar-refractivity contribution is 6.31. The van der Waals surface area contributed by atoms with Gasteiger partial charge in [0.15, 0.2) is 0 Å². The van der Waals surface area contributed by atoms with Crippen molar-refractivity contribution in [3.05, 3.63) is 71.7 Å². The molecule has 0 bridgehead atoms. The normalized spacial score (nSPS) is 10.5. The van der Waals surface area contributed by atoms with E-state index < -0.39 is 11.9 Å². The molecule has 3 rings (SSSR count). The molecule has 0 amide bonds. The predicted octanol–water partition coefficient (Wildman–Crippen LogP) is 3.86. The number of rotatable bonds is 5. The van der Waals surface area contributed by atoms with E-state index in [0.29, 0.717) is 17.2 Å². The summed E-state index contributed by atoms with van der Waals surface area (Å²) in [5, 5.41) is 19.6. The van der Waals surface area contributed by atoms with Crippen LogP contribution in [0.3, 0.4) is 0 Å². The zero-order valence-electron chi connectivity index (χ0n) is 15.4. The topological polar surface area (TPSA) is 95.7 Å². The third-order valence-corrected chi connectivity index (χ3v) is 4.13. The van der Waals surface area contributed by atoms with E-state index in [4.69, 9.17) is 21.8 Å². The van der Waals surface area contributed by atoms with Gasteiger partial charge in [-0.05, 0) is 42.8 Å². The number of carbonyl (C=O) groups is 2. The minimum atomic E-state index is -1.26. The highest BCUT2D eigenvalue weighted by Gasteiger charge is 2.10. The van der Waals surface area contributed by atoms with E-state index >= 15 is 0 Å². The first kappa shape index (κ1) is 21.0. The largest absolute Gasteiger partial charge is 0.478 e. The van der Waals surface area contributed by atoms with Crippen molar-refractivity contribution in [1.82, 2.24) is 9.66 Å². The molecule has 2 heterocycles. The Bertz CT molecular complexity index is 998. The van der Waals surface area contributed by atoms with Crippen LogP contribution in [0.4, 0.5) is 5.69 Å². The van der Waals surface area contributed by atoms with Crippen molar-refractivity contribution < 1.29 is 19.8 Å². The van der Waals surface area contributed by atoms with E-state index in [-0.39, 0.29) is 0 Å². The molecule has 0 saturated carbocycles. The molecule has 0 atom stereocenters. The van der Waals surface area contributed by atoms with E-state index in [0.717, 1.165) is 23.0 Å². The molecule has 0 fully saturated rings. The summed E-state index contributed by atoms with van der Waals surface area (Å²) in [5.41, 5.74) is 3.29. The molecule has 8 heteroatoms. The Balaban J connectivity index is 0.000000300. The van der Waals surface area contributed by atoms with Gasteiger partial charge < -0.3 is 10.2 Å². The smallest absolute Gasteiger partial charge is 0.328 e. The monoisotopic (exact) mass is 401 g/mol. The standard InChI is InChI=1S/C16H16ClN3.C4H4O4/c1-3-13-5-4-10-20(13)19(2)16-8-9-18-15-11-12(17)6-7-14(15)16;5-3(6)1-2-4(7)8/h4-11H,3H2,1-2H3;1-2H,(H,5,6)(H,7,8)/b;2-1-. The number of pyridine rings is 1. The number of anilines is 1. The molecular weight excluding hydrogens is 382 g/mol. The fourth-order valence-corrected chi connectivity index (χ4v) is 2.79. The molecule has 146 valence electrons. The lowest BCUT2D eigenvalue weighted by molar-refractivity contribution is -0.134. The Morgan fingerprint density at radius 3 is 2.46 bits per heavy atom. The van der Waals surface area contributed by atoms with Crippen molar-refractivity contribution in [2.24, 2.45) is 0 Å². The molecule has 0 aliphatic rings. The van der Waals surface area contributed by atoms with Gasteiger partial charge in [0.1, 0.15) is 0 Å². The third-order valence-electron chi connectivity index (χ3n) is 3.89. The Kier molecular flexibility index (Phi) is 7.17. The van der Waals surface area contributed by atoms with Gasteiger partial charge in [-0.3, -0.25) is 14.7 Å². The van der Waals surface area contributed by atoms with Crippen LogP contribution in [-0.4, -0.2) is 38.9 Å². The Labute approximate surface area is 167 Å². The van der Waals surface area contributed by atoms with E-state index in [1.54, 1.807) is 0 Å². The molecule has 2 aromatic heterocycles. The number of carboxylic acid groups (broad SMARTS) is 2. The van der Waals surface area contributed by atoms with Gasteiger partial charge in [0.25, 0.3) is 0 Å². The van der Waals surface area contributed by atoms with Gasteiger partial charge in [-0.25, -0.2) is 9.59 Å². The lowest BCUT2D eigenvalue weighted by Gasteiger charge is -2.24. The lowest BCUT2D eigenvalue weighted by atomic mass is 10.2. The fourth-order valence-electron chi connectivity index (χ4n) is 2.63. The van der Waals surface area contributed by atoms with Crippen LogP contribution < -0.4 is 5.01 Å². The van der Waals surface area contributed by atoms with Crippen molar-refractivity contribution in [2.45, 2.75) is 13.3 Å². The lowest BCUT2D eigenvalue weighted by Crippen LogP contribution is -2.25. The summed E-state index contributed by atoms with van der Waals surface area (Å²) in [5.74, 6) is -2.51. The Hall–Kier alpha value is -3.32. The predicted molar refractivity (Wildman–Crippen MR) is 109 cm³/mol. The van der Waals surface area contributed by atoms with Crippen LogP contribution >= 0.6 is 11.6 Å². The first-order valence-corrected chi connectivity index (χ1v) is 8.79. The molecule has 3 aromatic rings. The number of hydrogen-bond acceptors (Lipinski definition) is 4. The number of benzene rings is 1. The van der Waals surface area contributed by atoms with Crippen LogP contribution in [0, 0.1) is 0 Å². The molecule has 7 nitrogen and oxygen atoms in total. The van der Waals surface area contributed by atoms with Gasteiger partial charge in [-0.15, -0.1) is 0 Å². The number of carboxylic acids is 2. The minimum absolute atomic E-state index is 0.558. The number of aliphatic carboxylic acids is 2. The number of aromatic nitrogens is 2. The zero-order valence-corrected chi connectivity index (χ0v) is 16.2. The summed E-state index contributed by atoms with van der Waals surface area (Å²) in [7, 11) is 2.06. The molecule has 28 heavy (non-hydrogen) atoms. The van der Waals surface area contributed by atoms with Gasteiger partial charge in [0, 0.05) is 47.7 Å². The number of fused-ring (bicyclic) bond motifs is 1. The van der Waals surface area contributed by atoms with Crippen LogP contribution in [0.2, 0.25) is 5.02 Å². The average Bonchev–Trinajstić information content (AvgIpc) is 3.14. The first-order chi connectivity index (χ1) is 13.3. The first-order valence-electron chi connectivity index (χ1n) is 8.42. The van der Waals surface area contributed by atoms with Crippen molar-refractivity contribution >= 4 is 40.1 Å². The molecule has 0 unspecified atom stereocenters. The molecule has 2 N–H and O–H groups in total. The number of nitrogens with zero attached hydrogens (tertiary/aromatic N) is 3. The highest BCUT2D eigenvalue weighted by atomic mass is 35.5. The van der Waals surface area contributed by atoms with E-state index in [9.17, 15) is 9.59 Å². The summed E-state index contributed by atoms with van der Waals surface area (Å²) < 4.78 is 2.16. The van der Waals surface area contributed by atoms with Crippen LogP contribution in [0.15, 0.2) is 60.9 Å². The number of hydrogen-bond donors (Lipinski definition) is 2. The maximum Gasteiger partial charge on any atom is 0.328 e. The molecule has 0 saturated heterocycles. The average molecular weight is 402 g/mol. The van der Waals surface area contributed by atoms with E-state index in [2.05, 4.69) is 47.0 Å². The van der Waals surface area contributed by atoms with Crippen molar-refractivity contribution in [1.29, 1.82) is 0 Å². The maximum absolute atomic E-state index is 9.55. The van der Waals surface area contributed by atoms with Crippen molar-refractivity contribution in [3.63, 3.8) is 0 Å². The highest BCUT2D eigenvalue weighted by Crippen LogP contribution is 2.27. The van der Waals surface area contributed by atoms with Crippen LogP contribution in [0.1, 0.15) is 12.6 Å². The summed E-state index contributed by atoms with van der Waals surface area (Å²) in [4.78, 5) is 23.5. The summed E-state index contributed by atoms with van der Waals surface area (Å²) in [6, 6.07) is 12.0. The van der Waals surface area contributed by atoms with Crippen LogP contribution in [0.25, 0.3) is 10.9 Å². The molecule has 1 aromatic carbocycles. The van der Waals surface area contributed by atoms with Gasteiger partial charge in [0.05, 0.1) is 11.2 Å². The van der Waals surface area contributed by atoms with Crippen LogP contribution in [0.5, 0.6) is 0 Å². The fraction of sp³-hybridized carbons (Fsp3) is 0.150. The summed E-state index contributed by atoms with van der Waals surface area (Å²) in [6.07, 6.45) is 6.00. The van der Waals surface area contributed by atoms with Gasteiger partial charge in [-0.1, -0.05) is 18.5 Å². The van der Waals surface area contributed by atoms with Gasteiger partial charge in [0.2, 0.25) is 0 Å². The third kappa shape index (κ3) is 5.34. The van der Waals surface area contributed by atoms with E-state index in [1.807, 2.05) is 30.5 Å². The molecule has 0 radical (unpaired) electrons. The second-order valence-corrected chi connectivity index (χ2v) is 6.16. The Morgan fingerprint density at radius 1 is 1.18 bits per heavy atom. The summed E-state index contributed by atoms with van der Waals surface area (Å²) in [6.45, 7) is 2.16. The molecular formula is C20H20ClN3O4. The summed E-state index contributed by atoms with van der Waals surface area (Å²) >= 11 is 6.04.